The first-order chi connectivity index (χ1) is 12.6. The Bertz CT molecular complexity index is 783. The van der Waals surface area contributed by atoms with E-state index in [1.807, 2.05) is 22.9 Å². The van der Waals surface area contributed by atoms with Crippen LogP contribution in [0.4, 0.5) is 0 Å². The molecule has 1 amide bonds. The summed E-state index contributed by atoms with van der Waals surface area (Å²) in [5, 5.41) is 4.54. The lowest BCUT2D eigenvalue weighted by atomic mass is 10.0. The summed E-state index contributed by atoms with van der Waals surface area (Å²) < 4.78 is 7.09. The second kappa shape index (κ2) is 8.17. The molecule has 1 aromatic heterocycles. The van der Waals surface area contributed by atoms with Gasteiger partial charge in [-0.15, -0.1) is 0 Å². The number of carbonyl (C=O) groups excluding carboxylic acids is 2. The summed E-state index contributed by atoms with van der Waals surface area (Å²) >= 11 is 0. The van der Waals surface area contributed by atoms with Crippen molar-refractivity contribution in [1.82, 2.24) is 14.7 Å². The second-order valence-corrected chi connectivity index (χ2v) is 6.50. The van der Waals surface area contributed by atoms with Gasteiger partial charge >= 0.3 is 5.97 Å². The largest absolute Gasteiger partial charge is 0.461 e. The molecule has 138 valence electrons. The molecular weight excluding hydrogens is 330 g/mol. The van der Waals surface area contributed by atoms with E-state index in [0.717, 1.165) is 30.6 Å². The molecule has 0 atom stereocenters. The van der Waals surface area contributed by atoms with Crippen LogP contribution in [0.2, 0.25) is 0 Å². The maximum Gasteiger partial charge on any atom is 0.359 e. The van der Waals surface area contributed by atoms with Crippen LogP contribution in [-0.2, 0) is 35.5 Å². The molecular formula is C20H25N3O3. The number of hydrogen-bond donors (Lipinski definition) is 0. The number of hydrogen-bond acceptors (Lipinski definition) is 4. The molecule has 2 heterocycles. The SMILES string of the molecule is CCOC(=O)c1nn(CCCc2ccccc2)c2c1CN(C(C)=O)CC2. The van der Waals surface area contributed by atoms with E-state index < -0.39 is 5.97 Å². The maximum atomic E-state index is 12.3. The summed E-state index contributed by atoms with van der Waals surface area (Å²) in [4.78, 5) is 25.8. The minimum absolute atomic E-state index is 0.0160. The number of aromatic nitrogens is 2. The van der Waals surface area contributed by atoms with Gasteiger partial charge in [0.05, 0.1) is 6.61 Å². The summed E-state index contributed by atoms with van der Waals surface area (Å²) in [6.07, 6.45) is 2.62. The predicted molar refractivity (Wildman–Crippen MR) is 97.7 cm³/mol. The minimum Gasteiger partial charge on any atom is -0.461 e. The lowest BCUT2D eigenvalue weighted by Crippen LogP contribution is -2.35. The Labute approximate surface area is 153 Å². The minimum atomic E-state index is -0.407. The molecule has 0 N–H and O–H groups in total. The average Bonchev–Trinajstić information content (AvgIpc) is 3.01. The van der Waals surface area contributed by atoms with Crippen LogP contribution in [0.25, 0.3) is 0 Å². The number of rotatable bonds is 6. The van der Waals surface area contributed by atoms with Crippen LogP contribution in [0.15, 0.2) is 30.3 Å². The summed E-state index contributed by atoms with van der Waals surface area (Å²) in [6.45, 7) is 5.48. The molecule has 0 radical (unpaired) electrons. The normalized spacial score (nSPS) is 13.4. The molecule has 0 aliphatic carbocycles. The third kappa shape index (κ3) is 3.95. The summed E-state index contributed by atoms with van der Waals surface area (Å²) in [5.41, 5.74) is 3.54. The molecule has 6 nitrogen and oxygen atoms in total. The summed E-state index contributed by atoms with van der Waals surface area (Å²) in [7, 11) is 0. The predicted octanol–water partition coefficient (Wildman–Crippen LogP) is 2.60. The second-order valence-electron chi connectivity index (χ2n) is 6.50. The van der Waals surface area contributed by atoms with Crippen molar-refractivity contribution in [3.8, 4) is 0 Å². The molecule has 1 aliphatic heterocycles. The Morgan fingerprint density at radius 1 is 1.23 bits per heavy atom. The molecule has 0 unspecified atom stereocenters. The van der Waals surface area contributed by atoms with E-state index in [1.54, 1.807) is 18.7 Å². The molecule has 6 heteroatoms. The Hall–Kier alpha value is -2.63. The monoisotopic (exact) mass is 355 g/mol. The van der Waals surface area contributed by atoms with Gasteiger partial charge < -0.3 is 9.64 Å². The lowest BCUT2D eigenvalue weighted by molar-refractivity contribution is -0.129. The van der Waals surface area contributed by atoms with Crippen LogP contribution < -0.4 is 0 Å². The van der Waals surface area contributed by atoms with Gasteiger partial charge in [0.1, 0.15) is 0 Å². The van der Waals surface area contributed by atoms with E-state index in [4.69, 9.17) is 4.74 Å². The molecule has 0 saturated carbocycles. The molecule has 0 saturated heterocycles. The van der Waals surface area contributed by atoms with Crippen LogP contribution in [0.5, 0.6) is 0 Å². The molecule has 2 aromatic rings. The highest BCUT2D eigenvalue weighted by atomic mass is 16.5. The number of esters is 1. The van der Waals surface area contributed by atoms with Crippen molar-refractivity contribution in [2.24, 2.45) is 0 Å². The smallest absolute Gasteiger partial charge is 0.359 e. The summed E-state index contributed by atoms with van der Waals surface area (Å²) in [6, 6.07) is 10.3. The van der Waals surface area contributed by atoms with Gasteiger partial charge in [-0.2, -0.15) is 5.10 Å². The number of amides is 1. The van der Waals surface area contributed by atoms with Crippen molar-refractivity contribution < 1.29 is 14.3 Å². The van der Waals surface area contributed by atoms with Crippen LogP contribution in [0.1, 0.15) is 47.6 Å². The fourth-order valence-corrected chi connectivity index (χ4v) is 3.39. The first-order valence-corrected chi connectivity index (χ1v) is 9.15. The van der Waals surface area contributed by atoms with Crippen molar-refractivity contribution in [2.45, 2.75) is 46.2 Å². The molecule has 3 rings (SSSR count). The van der Waals surface area contributed by atoms with Crippen molar-refractivity contribution in [2.75, 3.05) is 13.2 Å². The molecule has 1 aromatic carbocycles. The van der Waals surface area contributed by atoms with Crippen molar-refractivity contribution >= 4 is 11.9 Å². The zero-order valence-electron chi connectivity index (χ0n) is 15.4. The molecule has 0 bridgehead atoms. The Morgan fingerprint density at radius 3 is 2.69 bits per heavy atom. The van der Waals surface area contributed by atoms with Crippen molar-refractivity contribution in [3.63, 3.8) is 0 Å². The van der Waals surface area contributed by atoms with Crippen LogP contribution in [-0.4, -0.2) is 39.7 Å². The van der Waals surface area contributed by atoms with Gasteiger partial charge in [-0.05, 0) is 25.3 Å². The first kappa shape index (κ1) is 18.2. The van der Waals surface area contributed by atoms with E-state index in [0.29, 0.717) is 31.8 Å². The maximum absolute atomic E-state index is 12.3. The number of aryl methyl sites for hydroxylation is 2. The van der Waals surface area contributed by atoms with E-state index in [2.05, 4.69) is 17.2 Å². The fourth-order valence-electron chi connectivity index (χ4n) is 3.39. The number of nitrogens with zero attached hydrogens (tertiary/aromatic N) is 3. The Balaban J connectivity index is 1.78. The van der Waals surface area contributed by atoms with E-state index in [9.17, 15) is 9.59 Å². The molecule has 0 fully saturated rings. The standard InChI is InChI=1S/C20H25N3O3/c1-3-26-20(25)19-17-14-22(15(2)24)13-11-18(17)23(21-19)12-7-10-16-8-5-4-6-9-16/h4-6,8-9H,3,7,10-14H2,1-2H3. The number of fused-ring (bicyclic) bond motifs is 1. The molecule has 26 heavy (non-hydrogen) atoms. The molecule has 0 spiro atoms. The van der Waals surface area contributed by atoms with Gasteiger partial charge in [0, 0.05) is 44.2 Å². The highest BCUT2D eigenvalue weighted by molar-refractivity contribution is 5.89. The summed E-state index contributed by atoms with van der Waals surface area (Å²) in [5.74, 6) is -0.391. The van der Waals surface area contributed by atoms with Gasteiger partial charge in [-0.3, -0.25) is 9.48 Å². The van der Waals surface area contributed by atoms with Crippen LogP contribution in [0, 0.1) is 0 Å². The number of benzene rings is 1. The van der Waals surface area contributed by atoms with Gasteiger partial charge in [0.2, 0.25) is 5.91 Å². The van der Waals surface area contributed by atoms with Gasteiger partial charge in [-0.25, -0.2) is 4.79 Å². The third-order valence-corrected chi connectivity index (χ3v) is 4.73. The quantitative estimate of drug-likeness (QED) is 0.747. The highest BCUT2D eigenvalue weighted by Crippen LogP contribution is 2.24. The first-order valence-electron chi connectivity index (χ1n) is 9.15. The van der Waals surface area contributed by atoms with E-state index in [-0.39, 0.29) is 5.91 Å². The molecule has 1 aliphatic rings. The zero-order valence-corrected chi connectivity index (χ0v) is 15.4. The van der Waals surface area contributed by atoms with Crippen molar-refractivity contribution in [1.29, 1.82) is 0 Å². The van der Waals surface area contributed by atoms with Gasteiger partial charge in [-0.1, -0.05) is 30.3 Å². The third-order valence-electron chi connectivity index (χ3n) is 4.73. The number of carbonyl (C=O) groups is 2. The van der Waals surface area contributed by atoms with Crippen molar-refractivity contribution in [3.05, 3.63) is 52.8 Å². The highest BCUT2D eigenvalue weighted by Gasteiger charge is 2.29. The van der Waals surface area contributed by atoms with E-state index in [1.165, 1.54) is 5.56 Å². The fraction of sp³-hybridized carbons (Fsp3) is 0.450. The van der Waals surface area contributed by atoms with Gasteiger partial charge in [0.25, 0.3) is 0 Å². The number of ether oxygens (including phenoxy) is 1. The zero-order chi connectivity index (χ0) is 18.5. The topological polar surface area (TPSA) is 64.4 Å². The van der Waals surface area contributed by atoms with E-state index >= 15 is 0 Å². The van der Waals surface area contributed by atoms with Crippen LogP contribution >= 0.6 is 0 Å². The Morgan fingerprint density at radius 2 is 2.00 bits per heavy atom. The average molecular weight is 355 g/mol. The van der Waals surface area contributed by atoms with Gasteiger partial charge in [0.15, 0.2) is 5.69 Å². The lowest BCUT2D eigenvalue weighted by Gasteiger charge is -2.26. The van der Waals surface area contributed by atoms with Crippen LogP contribution in [0.3, 0.4) is 0 Å². The Kier molecular flexibility index (Phi) is 5.71.